The average molecular weight is 311 g/mol. The van der Waals surface area contributed by atoms with Gasteiger partial charge in [0, 0.05) is 13.6 Å². The van der Waals surface area contributed by atoms with Gasteiger partial charge in [-0.3, -0.25) is 4.79 Å². The highest BCUT2D eigenvalue weighted by atomic mass is 32.2. The SMILES string of the molecule is CCc1ccc2c(c1)S(=O)(=O)N=C(N(C)CCC(=O)O)N2. The molecular weight excluding hydrogens is 294 g/mol. The lowest BCUT2D eigenvalue weighted by Crippen LogP contribution is -2.37. The van der Waals surface area contributed by atoms with Crippen LogP contribution < -0.4 is 5.32 Å². The predicted octanol–water partition coefficient (Wildman–Crippen LogP) is 1.13. The molecule has 0 radical (unpaired) electrons. The van der Waals surface area contributed by atoms with Crippen LogP contribution in [0.2, 0.25) is 0 Å². The molecule has 0 atom stereocenters. The first-order chi connectivity index (χ1) is 9.83. The summed E-state index contributed by atoms with van der Waals surface area (Å²) in [5.41, 5.74) is 1.37. The third-order valence-electron chi connectivity index (χ3n) is 3.21. The number of aryl methyl sites for hydroxylation is 1. The van der Waals surface area contributed by atoms with E-state index in [2.05, 4.69) is 9.71 Å². The molecule has 0 saturated carbocycles. The fourth-order valence-corrected chi connectivity index (χ4v) is 3.15. The third kappa shape index (κ3) is 3.33. The van der Waals surface area contributed by atoms with Gasteiger partial charge in [-0.15, -0.1) is 4.40 Å². The molecule has 0 aliphatic carbocycles. The molecule has 2 N–H and O–H groups in total. The van der Waals surface area contributed by atoms with Crippen LogP contribution in [0.15, 0.2) is 27.5 Å². The number of carboxylic acids is 1. The van der Waals surface area contributed by atoms with Crippen molar-refractivity contribution >= 4 is 27.6 Å². The first-order valence-corrected chi connectivity index (χ1v) is 7.95. The van der Waals surface area contributed by atoms with Crippen LogP contribution in [0.3, 0.4) is 0 Å². The molecule has 114 valence electrons. The number of hydrogen-bond acceptors (Lipinski definition) is 5. The fraction of sp³-hybridized carbons (Fsp3) is 0.385. The van der Waals surface area contributed by atoms with Crippen molar-refractivity contribution in [2.45, 2.75) is 24.7 Å². The molecule has 8 heteroatoms. The summed E-state index contributed by atoms with van der Waals surface area (Å²) in [7, 11) is -2.18. The van der Waals surface area contributed by atoms with Gasteiger partial charge in [-0.25, -0.2) is 0 Å². The van der Waals surface area contributed by atoms with Crippen molar-refractivity contribution in [1.82, 2.24) is 4.90 Å². The topological polar surface area (TPSA) is 99.1 Å². The Bertz CT molecular complexity index is 697. The smallest absolute Gasteiger partial charge is 0.305 e. The van der Waals surface area contributed by atoms with Crippen molar-refractivity contribution < 1.29 is 18.3 Å². The molecule has 1 heterocycles. The van der Waals surface area contributed by atoms with Crippen LogP contribution in [-0.4, -0.2) is 43.9 Å². The van der Waals surface area contributed by atoms with Gasteiger partial charge >= 0.3 is 5.97 Å². The van der Waals surface area contributed by atoms with Gasteiger partial charge in [0.1, 0.15) is 4.90 Å². The highest BCUT2D eigenvalue weighted by Gasteiger charge is 2.26. The summed E-state index contributed by atoms with van der Waals surface area (Å²) in [5, 5.41) is 11.6. The second kappa shape index (κ2) is 5.72. The number of carbonyl (C=O) groups is 1. The van der Waals surface area contributed by atoms with E-state index in [9.17, 15) is 13.2 Å². The monoisotopic (exact) mass is 311 g/mol. The molecule has 0 saturated heterocycles. The Hall–Kier alpha value is -2.09. The second-order valence-corrected chi connectivity index (χ2v) is 6.34. The Morgan fingerprint density at radius 3 is 2.76 bits per heavy atom. The van der Waals surface area contributed by atoms with Gasteiger partial charge in [0.2, 0.25) is 5.96 Å². The standard InChI is InChI=1S/C13H17N3O4S/c1-3-9-4-5-10-11(8-9)21(19,20)15-13(14-10)16(2)7-6-12(17)18/h4-5,8H,3,6-7H2,1-2H3,(H,14,15)(H,17,18). The van der Waals surface area contributed by atoms with Crippen molar-refractivity contribution in [2.24, 2.45) is 4.40 Å². The molecule has 0 amide bonds. The number of hydrogen-bond donors (Lipinski definition) is 2. The molecular formula is C13H17N3O4S. The number of nitrogens with one attached hydrogen (secondary N) is 1. The summed E-state index contributed by atoms with van der Waals surface area (Å²) < 4.78 is 28.2. The maximum Gasteiger partial charge on any atom is 0.305 e. The molecule has 0 unspecified atom stereocenters. The summed E-state index contributed by atoms with van der Waals surface area (Å²) >= 11 is 0. The van der Waals surface area contributed by atoms with Gasteiger partial charge in [-0.1, -0.05) is 13.0 Å². The Labute approximate surface area is 123 Å². The van der Waals surface area contributed by atoms with Crippen LogP contribution in [0, 0.1) is 0 Å². The van der Waals surface area contributed by atoms with Crippen LogP contribution >= 0.6 is 0 Å². The van der Waals surface area contributed by atoms with E-state index >= 15 is 0 Å². The number of aliphatic carboxylic acids is 1. The summed E-state index contributed by atoms with van der Waals surface area (Å²) in [6, 6.07) is 5.15. The lowest BCUT2D eigenvalue weighted by molar-refractivity contribution is -0.137. The molecule has 1 aliphatic heterocycles. The summed E-state index contributed by atoms with van der Waals surface area (Å²) in [6.07, 6.45) is 0.636. The van der Waals surface area contributed by atoms with E-state index in [1.807, 2.05) is 13.0 Å². The van der Waals surface area contributed by atoms with E-state index in [1.54, 1.807) is 19.2 Å². The van der Waals surface area contributed by atoms with Crippen molar-refractivity contribution in [3.05, 3.63) is 23.8 Å². The zero-order valence-electron chi connectivity index (χ0n) is 11.8. The molecule has 0 bridgehead atoms. The average Bonchev–Trinajstić information content (AvgIpc) is 2.43. The zero-order chi connectivity index (χ0) is 15.6. The van der Waals surface area contributed by atoms with Crippen LogP contribution in [0.25, 0.3) is 0 Å². The number of rotatable bonds is 4. The van der Waals surface area contributed by atoms with Crippen molar-refractivity contribution in [2.75, 3.05) is 18.9 Å². The minimum Gasteiger partial charge on any atom is -0.481 e. The Kier molecular flexibility index (Phi) is 4.17. The van der Waals surface area contributed by atoms with Gasteiger partial charge in [0.05, 0.1) is 12.1 Å². The summed E-state index contributed by atoms with van der Waals surface area (Å²) in [6.45, 7) is 2.11. The fourth-order valence-electron chi connectivity index (χ4n) is 1.94. The normalized spacial score (nSPS) is 15.6. The van der Waals surface area contributed by atoms with E-state index < -0.39 is 16.0 Å². The molecule has 1 aromatic carbocycles. The number of nitrogens with zero attached hydrogens (tertiary/aromatic N) is 2. The molecule has 0 aromatic heterocycles. The van der Waals surface area contributed by atoms with Gasteiger partial charge < -0.3 is 15.3 Å². The second-order valence-electron chi connectivity index (χ2n) is 4.76. The van der Waals surface area contributed by atoms with Gasteiger partial charge in [0.25, 0.3) is 10.0 Å². The number of sulfonamides is 1. The Morgan fingerprint density at radius 1 is 1.43 bits per heavy atom. The van der Waals surface area contributed by atoms with E-state index in [-0.39, 0.29) is 23.8 Å². The van der Waals surface area contributed by atoms with Gasteiger partial charge in [-0.05, 0) is 24.1 Å². The number of guanidine groups is 1. The van der Waals surface area contributed by atoms with Crippen LogP contribution in [0.1, 0.15) is 18.9 Å². The van der Waals surface area contributed by atoms with Crippen LogP contribution in [0.5, 0.6) is 0 Å². The predicted molar refractivity (Wildman–Crippen MR) is 78.9 cm³/mol. The summed E-state index contributed by atoms with van der Waals surface area (Å²) in [4.78, 5) is 12.2. The molecule has 0 fully saturated rings. The van der Waals surface area contributed by atoms with Crippen molar-refractivity contribution in [1.29, 1.82) is 0 Å². The highest BCUT2D eigenvalue weighted by Crippen LogP contribution is 2.28. The van der Waals surface area contributed by atoms with E-state index in [4.69, 9.17) is 5.11 Å². The minimum atomic E-state index is -3.77. The van der Waals surface area contributed by atoms with Gasteiger partial charge in [-0.2, -0.15) is 8.42 Å². The number of fused-ring (bicyclic) bond motifs is 1. The molecule has 21 heavy (non-hydrogen) atoms. The summed E-state index contributed by atoms with van der Waals surface area (Å²) in [5.74, 6) is -0.817. The van der Waals surface area contributed by atoms with E-state index in [0.29, 0.717) is 5.69 Å². The number of benzene rings is 1. The Morgan fingerprint density at radius 2 is 2.14 bits per heavy atom. The largest absolute Gasteiger partial charge is 0.481 e. The van der Waals surface area contributed by atoms with Crippen LogP contribution in [-0.2, 0) is 21.2 Å². The highest BCUT2D eigenvalue weighted by molar-refractivity contribution is 7.90. The van der Waals surface area contributed by atoms with E-state index in [0.717, 1.165) is 12.0 Å². The van der Waals surface area contributed by atoms with Crippen molar-refractivity contribution in [3.63, 3.8) is 0 Å². The first-order valence-electron chi connectivity index (χ1n) is 6.51. The molecule has 1 aliphatic rings. The van der Waals surface area contributed by atoms with Crippen LogP contribution in [0.4, 0.5) is 5.69 Å². The molecule has 7 nitrogen and oxygen atoms in total. The third-order valence-corrected chi connectivity index (χ3v) is 4.51. The lowest BCUT2D eigenvalue weighted by Gasteiger charge is -2.25. The van der Waals surface area contributed by atoms with Gasteiger partial charge in [0.15, 0.2) is 0 Å². The molecule has 1 aromatic rings. The first kappa shape index (κ1) is 15.3. The van der Waals surface area contributed by atoms with E-state index in [1.165, 1.54) is 4.90 Å². The zero-order valence-corrected chi connectivity index (χ0v) is 12.6. The maximum absolute atomic E-state index is 12.2. The number of anilines is 1. The minimum absolute atomic E-state index is 0.0983. The molecule has 2 rings (SSSR count). The van der Waals surface area contributed by atoms with Crippen molar-refractivity contribution in [3.8, 4) is 0 Å². The quantitative estimate of drug-likeness (QED) is 0.864. The Balaban J connectivity index is 2.31. The lowest BCUT2D eigenvalue weighted by atomic mass is 10.1. The molecule has 0 spiro atoms. The number of carboxylic acid groups (broad SMARTS) is 1. The maximum atomic E-state index is 12.2.